The minimum Gasteiger partial charge on any atom is -0.339 e. The van der Waals surface area contributed by atoms with Crippen molar-refractivity contribution in [3.05, 3.63) is 71.0 Å². The molecular weight excluding hydrogens is 384 g/mol. The van der Waals surface area contributed by atoms with E-state index < -0.39 is 11.7 Å². The molecule has 3 rings (SSSR count). The number of amides is 1. The maximum absolute atomic E-state index is 13.8. The van der Waals surface area contributed by atoms with Crippen molar-refractivity contribution in [2.45, 2.75) is 44.4 Å². The predicted octanol–water partition coefficient (Wildman–Crippen LogP) is 4.56. The lowest BCUT2D eigenvalue weighted by molar-refractivity contribution is -0.137. The molecule has 0 spiro atoms. The molecule has 3 nitrogen and oxygen atoms in total. The molecule has 2 aromatic rings. The smallest absolute Gasteiger partial charge is 0.339 e. The highest BCUT2D eigenvalue weighted by Crippen LogP contribution is 2.29. The Hall–Kier alpha value is -2.41. The Morgan fingerprint density at radius 3 is 2.66 bits per heavy atom. The molecule has 1 amide bonds. The number of carbonyl (C=O) groups excluding carboxylic acids is 1. The number of carbonyl (C=O) groups is 1. The summed E-state index contributed by atoms with van der Waals surface area (Å²) in [5.74, 6) is -0.192. The van der Waals surface area contributed by atoms with Crippen LogP contribution in [0.25, 0.3) is 0 Å². The Kier molecular flexibility index (Phi) is 6.90. The molecule has 0 radical (unpaired) electrons. The zero-order valence-electron chi connectivity index (χ0n) is 16.0. The van der Waals surface area contributed by atoms with Gasteiger partial charge in [0.15, 0.2) is 0 Å². The molecule has 0 bridgehead atoms. The summed E-state index contributed by atoms with van der Waals surface area (Å²) in [5, 5.41) is 3.16. The third-order valence-electron chi connectivity index (χ3n) is 5.27. The van der Waals surface area contributed by atoms with Crippen molar-refractivity contribution in [1.82, 2.24) is 10.2 Å². The van der Waals surface area contributed by atoms with Crippen LogP contribution in [-0.2, 0) is 23.9 Å². The largest absolute Gasteiger partial charge is 0.416 e. The summed E-state index contributed by atoms with van der Waals surface area (Å²) >= 11 is 0. The Bertz CT molecular complexity index is 838. The van der Waals surface area contributed by atoms with Gasteiger partial charge in [-0.2, -0.15) is 13.2 Å². The Balaban J connectivity index is 1.47. The van der Waals surface area contributed by atoms with Gasteiger partial charge in [-0.1, -0.05) is 36.4 Å². The zero-order chi connectivity index (χ0) is 20.9. The summed E-state index contributed by atoms with van der Waals surface area (Å²) in [5.41, 5.74) is 0.505. The van der Waals surface area contributed by atoms with Gasteiger partial charge < -0.3 is 10.2 Å². The van der Waals surface area contributed by atoms with E-state index in [1.165, 1.54) is 12.1 Å². The quantitative estimate of drug-likeness (QED) is 0.513. The van der Waals surface area contributed by atoms with Gasteiger partial charge in [0.1, 0.15) is 5.82 Å². The molecular formula is C22H24F4N2O. The molecule has 7 heteroatoms. The van der Waals surface area contributed by atoms with Crippen LogP contribution in [0.1, 0.15) is 36.0 Å². The summed E-state index contributed by atoms with van der Waals surface area (Å²) in [6, 6.07) is 11.9. The second kappa shape index (κ2) is 9.39. The highest BCUT2D eigenvalue weighted by molar-refractivity contribution is 5.78. The molecule has 2 aromatic carbocycles. The monoisotopic (exact) mass is 408 g/mol. The van der Waals surface area contributed by atoms with E-state index >= 15 is 0 Å². The van der Waals surface area contributed by atoms with E-state index in [2.05, 4.69) is 5.32 Å². The van der Waals surface area contributed by atoms with Gasteiger partial charge in [0.05, 0.1) is 5.56 Å². The van der Waals surface area contributed by atoms with E-state index in [0.717, 1.165) is 18.6 Å². The zero-order valence-corrected chi connectivity index (χ0v) is 16.0. The van der Waals surface area contributed by atoms with Gasteiger partial charge in [0, 0.05) is 25.6 Å². The highest BCUT2D eigenvalue weighted by atomic mass is 19.4. The third kappa shape index (κ3) is 5.79. The average molecular weight is 408 g/mol. The summed E-state index contributed by atoms with van der Waals surface area (Å²) in [6.45, 7) is 1.39. The van der Waals surface area contributed by atoms with Crippen molar-refractivity contribution < 1.29 is 22.4 Å². The van der Waals surface area contributed by atoms with Crippen LogP contribution in [0, 0.1) is 5.82 Å². The fourth-order valence-electron chi connectivity index (χ4n) is 3.70. The molecule has 0 saturated carbocycles. The molecule has 1 aliphatic rings. The van der Waals surface area contributed by atoms with Crippen LogP contribution >= 0.6 is 0 Å². The molecule has 1 atom stereocenters. The third-order valence-corrected chi connectivity index (χ3v) is 5.27. The van der Waals surface area contributed by atoms with Gasteiger partial charge in [0.25, 0.3) is 0 Å². The summed E-state index contributed by atoms with van der Waals surface area (Å²) in [4.78, 5) is 14.0. The molecule has 1 heterocycles. The number of alkyl halides is 3. The Morgan fingerprint density at radius 2 is 1.90 bits per heavy atom. The summed E-state index contributed by atoms with van der Waals surface area (Å²) in [7, 11) is 0. The molecule has 1 saturated heterocycles. The van der Waals surface area contributed by atoms with Crippen LogP contribution in [0.15, 0.2) is 48.5 Å². The minimum atomic E-state index is -4.35. The van der Waals surface area contributed by atoms with E-state index in [4.69, 9.17) is 0 Å². The Morgan fingerprint density at radius 1 is 1.10 bits per heavy atom. The molecule has 0 aliphatic carbocycles. The number of rotatable bonds is 8. The number of hydrogen-bond acceptors (Lipinski definition) is 2. The number of benzene rings is 2. The predicted molar refractivity (Wildman–Crippen MR) is 103 cm³/mol. The normalized spacial score (nSPS) is 17.2. The van der Waals surface area contributed by atoms with Gasteiger partial charge in [-0.25, -0.2) is 4.39 Å². The Labute approximate surface area is 167 Å². The van der Waals surface area contributed by atoms with Crippen molar-refractivity contribution in [3.63, 3.8) is 0 Å². The number of nitrogens with zero attached hydrogens (tertiary/aromatic N) is 1. The van der Waals surface area contributed by atoms with E-state index in [9.17, 15) is 22.4 Å². The molecule has 29 heavy (non-hydrogen) atoms. The average Bonchev–Trinajstić information content (AvgIpc) is 3.04. The molecule has 156 valence electrons. The number of nitrogens with one attached hydrogen (secondary N) is 1. The van der Waals surface area contributed by atoms with Gasteiger partial charge in [0.2, 0.25) is 5.91 Å². The fraction of sp³-hybridized carbons (Fsp3) is 0.409. The van der Waals surface area contributed by atoms with E-state index in [0.29, 0.717) is 50.0 Å². The first-order valence-corrected chi connectivity index (χ1v) is 9.74. The van der Waals surface area contributed by atoms with Crippen molar-refractivity contribution in [3.8, 4) is 0 Å². The SMILES string of the molecule is O=C1CC[C@@H](CCNCc2cccc(C(F)(F)F)c2)N1CCc1ccccc1F. The number of hydrogen-bond donors (Lipinski definition) is 1. The van der Waals surface area contributed by atoms with Gasteiger partial charge in [-0.15, -0.1) is 0 Å². The second-order valence-electron chi connectivity index (χ2n) is 7.28. The summed E-state index contributed by atoms with van der Waals surface area (Å²) < 4.78 is 52.1. The van der Waals surface area contributed by atoms with E-state index in [-0.39, 0.29) is 17.8 Å². The van der Waals surface area contributed by atoms with Gasteiger partial charge in [-0.3, -0.25) is 4.79 Å². The molecule has 1 fully saturated rings. The molecule has 0 aromatic heterocycles. The van der Waals surface area contributed by atoms with Crippen molar-refractivity contribution >= 4 is 5.91 Å². The number of halogens is 4. The van der Waals surface area contributed by atoms with Gasteiger partial charge in [-0.05, 0) is 49.1 Å². The van der Waals surface area contributed by atoms with Crippen LogP contribution in [0.2, 0.25) is 0 Å². The second-order valence-corrected chi connectivity index (χ2v) is 7.28. The minimum absolute atomic E-state index is 0.0725. The lowest BCUT2D eigenvalue weighted by Gasteiger charge is -2.25. The highest BCUT2D eigenvalue weighted by Gasteiger charge is 2.31. The van der Waals surface area contributed by atoms with Crippen LogP contribution in [0.4, 0.5) is 17.6 Å². The van der Waals surface area contributed by atoms with E-state index in [1.54, 1.807) is 29.2 Å². The first-order chi connectivity index (χ1) is 13.8. The number of likely N-dealkylation sites (tertiary alicyclic amines) is 1. The van der Waals surface area contributed by atoms with Crippen LogP contribution in [0.5, 0.6) is 0 Å². The first-order valence-electron chi connectivity index (χ1n) is 9.74. The lowest BCUT2D eigenvalue weighted by Crippen LogP contribution is -2.36. The summed E-state index contributed by atoms with van der Waals surface area (Å²) in [6.07, 6.45) is -1.94. The topological polar surface area (TPSA) is 32.3 Å². The van der Waals surface area contributed by atoms with Crippen molar-refractivity contribution in [2.75, 3.05) is 13.1 Å². The molecule has 1 aliphatic heterocycles. The van der Waals surface area contributed by atoms with Crippen LogP contribution in [0.3, 0.4) is 0 Å². The maximum Gasteiger partial charge on any atom is 0.416 e. The van der Waals surface area contributed by atoms with Crippen LogP contribution < -0.4 is 5.32 Å². The van der Waals surface area contributed by atoms with E-state index in [1.807, 2.05) is 0 Å². The molecule has 1 N–H and O–H groups in total. The van der Waals surface area contributed by atoms with Crippen molar-refractivity contribution in [1.29, 1.82) is 0 Å². The maximum atomic E-state index is 13.8. The molecule has 0 unspecified atom stereocenters. The lowest BCUT2D eigenvalue weighted by atomic mass is 10.1. The standard InChI is InChI=1S/C22H24F4N2O/c23-20-7-2-1-5-17(20)11-13-28-19(8-9-21(28)29)10-12-27-15-16-4-3-6-18(14-16)22(24,25)26/h1-7,14,19,27H,8-13,15H2/t19-/m0/s1. The van der Waals surface area contributed by atoms with Gasteiger partial charge >= 0.3 is 6.18 Å². The fourth-order valence-corrected chi connectivity index (χ4v) is 3.70. The first kappa shape index (κ1) is 21.3. The van der Waals surface area contributed by atoms with Crippen LogP contribution in [-0.4, -0.2) is 29.9 Å². The van der Waals surface area contributed by atoms with Crippen molar-refractivity contribution in [2.24, 2.45) is 0 Å².